The third-order valence-electron chi connectivity index (χ3n) is 13.6. The molecule has 0 aliphatic heterocycles. The predicted octanol–water partition coefficient (Wildman–Crippen LogP) is 22.7. The molecule has 0 aromatic rings. The van der Waals surface area contributed by atoms with Gasteiger partial charge in [0.15, 0.2) is 6.10 Å². The van der Waals surface area contributed by atoms with Crippen molar-refractivity contribution in [1.29, 1.82) is 0 Å². The molecular weight excluding hydrogens is 985 g/mol. The smallest absolute Gasteiger partial charge is 0.306 e. The van der Waals surface area contributed by atoms with Gasteiger partial charge in [-0.1, -0.05) is 269 Å². The molecule has 0 amide bonds. The minimum atomic E-state index is -0.805. The summed E-state index contributed by atoms with van der Waals surface area (Å²) in [5, 5.41) is 0. The van der Waals surface area contributed by atoms with Crippen molar-refractivity contribution in [1.82, 2.24) is 0 Å². The van der Waals surface area contributed by atoms with Gasteiger partial charge in [0.05, 0.1) is 0 Å². The van der Waals surface area contributed by atoms with E-state index in [-0.39, 0.29) is 37.5 Å². The van der Waals surface area contributed by atoms with Gasteiger partial charge in [-0.25, -0.2) is 0 Å². The van der Waals surface area contributed by atoms with Crippen molar-refractivity contribution < 1.29 is 28.6 Å². The van der Waals surface area contributed by atoms with Gasteiger partial charge in [0.25, 0.3) is 0 Å². The van der Waals surface area contributed by atoms with E-state index in [0.29, 0.717) is 12.8 Å². The highest BCUT2D eigenvalue weighted by molar-refractivity contribution is 5.71. The van der Waals surface area contributed by atoms with E-state index < -0.39 is 6.10 Å². The molecule has 0 bridgehead atoms. The van der Waals surface area contributed by atoms with Crippen LogP contribution >= 0.6 is 0 Å². The number of hydrogen-bond acceptors (Lipinski definition) is 6. The monoisotopic (exact) mass is 1100 g/mol. The van der Waals surface area contributed by atoms with Gasteiger partial charge in [-0.3, -0.25) is 14.4 Å². The van der Waals surface area contributed by atoms with Crippen LogP contribution in [0.15, 0.2) is 146 Å². The SMILES string of the molecule is CC/C=C\C/C=C\C/C=C\C/C=C\C/C=C\C/C=C\CCCCCCCCCCCCCCC(=O)OCC(COC(=O)CCCCCCC/C=C\CCCCC)OC(=O)CCCCC/C=C\C/C=C\C/C=C\C/C=C\C/C=C\CC. The Labute approximate surface area is 493 Å². The first kappa shape index (κ1) is 75.3. The van der Waals surface area contributed by atoms with Crippen LogP contribution in [-0.4, -0.2) is 37.2 Å². The van der Waals surface area contributed by atoms with Crippen LogP contribution in [0.25, 0.3) is 0 Å². The molecule has 6 heteroatoms. The number of unbranched alkanes of at least 4 members (excludes halogenated alkanes) is 23. The lowest BCUT2D eigenvalue weighted by Crippen LogP contribution is -2.30. The van der Waals surface area contributed by atoms with Crippen LogP contribution in [0.1, 0.15) is 284 Å². The van der Waals surface area contributed by atoms with Gasteiger partial charge in [-0.05, 0) is 141 Å². The van der Waals surface area contributed by atoms with E-state index in [1.165, 1.54) is 96.3 Å². The number of carbonyl (C=O) groups excluding carboxylic acids is 3. The summed E-state index contributed by atoms with van der Waals surface area (Å²) in [6, 6.07) is 0. The Kier molecular flexibility index (Phi) is 62.9. The molecule has 0 spiro atoms. The Balaban J connectivity index is 4.31. The minimum Gasteiger partial charge on any atom is -0.462 e. The van der Waals surface area contributed by atoms with Gasteiger partial charge in [-0.2, -0.15) is 0 Å². The highest BCUT2D eigenvalue weighted by Crippen LogP contribution is 2.15. The fourth-order valence-electron chi connectivity index (χ4n) is 8.70. The van der Waals surface area contributed by atoms with E-state index in [4.69, 9.17) is 14.2 Å². The first-order chi connectivity index (χ1) is 39.5. The summed E-state index contributed by atoms with van der Waals surface area (Å²) < 4.78 is 16.9. The zero-order chi connectivity index (χ0) is 57.8. The summed E-state index contributed by atoms with van der Waals surface area (Å²) in [5.41, 5.74) is 0. The standard InChI is InChI=1S/C74H120O6/c1-4-7-10-13-16-19-22-25-27-29-31-32-33-34-35-36-37-38-39-40-41-42-44-45-47-49-52-55-58-61-64-67-73(76)79-70-71(69-78-72(75)66-63-60-57-54-51-24-21-18-15-12-9-6-3)80-74(77)68-65-62-59-56-53-50-48-46-43-30-28-26-23-20-17-14-11-8-5-2/h7-8,10-11,16-21,25-28,31-32,34-35,37-38,43,46,50,53,71H,4-6,9,12-15,22-24,29-30,33,36,39-42,44-45,47-49,51-52,54-70H2,1-3H3/b10-7-,11-8-,19-16-,20-17-,21-18-,27-25-,28-26-,32-31-,35-34-,38-37-,46-43-,53-50-. The van der Waals surface area contributed by atoms with Gasteiger partial charge < -0.3 is 14.2 Å². The molecule has 452 valence electrons. The fraction of sp³-hybridized carbons (Fsp3) is 0.635. The molecule has 0 aliphatic carbocycles. The molecule has 0 saturated heterocycles. The van der Waals surface area contributed by atoms with Crippen LogP contribution in [0.4, 0.5) is 0 Å². The van der Waals surface area contributed by atoms with Crippen LogP contribution in [0.2, 0.25) is 0 Å². The average Bonchev–Trinajstić information content (AvgIpc) is 3.46. The second-order valence-electron chi connectivity index (χ2n) is 21.3. The number of hydrogen-bond donors (Lipinski definition) is 0. The van der Waals surface area contributed by atoms with Gasteiger partial charge in [0.2, 0.25) is 0 Å². The van der Waals surface area contributed by atoms with E-state index in [2.05, 4.69) is 167 Å². The van der Waals surface area contributed by atoms with Crippen molar-refractivity contribution in [2.24, 2.45) is 0 Å². The van der Waals surface area contributed by atoms with Crippen LogP contribution in [0, 0.1) is 0 Å². The van der Waals surface area contributed by atoms with Crippen LogP contribution < -0.4 is 0 Å². The highest BCUT2D eigenvalue weighted by Gasteiger charge is 2.19. The maximum absolute atomic E-state index is 12.9. The molecule has 80 heavy (non-hydrogen) atoms. The van der Waals surface area contributed by atoms with Crippen molar-refractivity contribution in [3.05, 3.63) is 146 Å². The molecular formula is C74H120O6. The van der Waals surface area contributed by atoms with Gasteiger partial charge >= 0.3 is 17.9 Å². The molecule has 0 aromatic carbocycles. The summed E-state index contributed by atoms with van der Waals surface area (Å²) >= 11 is 0. The van der Waals surface area contributed by atoms with E-state index in [0.717, 1.165) is 148 Å². The van der Waals surface area contributed by atoms with Crippen LogP contribution in [0.3, 0.4) is 0 Å². The summed E-state index contributed by atoms with van der Waals surface area (Å²) in [4.78, 5) is 38.3. The lowest BCUT2D eigenvalue weighted by Gasteiger charge is -2.18. The van der Waals surface area contributed by atoms with Crippen molar-refractivity contribution in [3.63, 3.8) is 0 Å². The van der Waals surface area contributed by atoms with Crippen molar-refractivity contribution in [3.8, 4) is 0 Å². The summed E-state index contributed by atoms with van der Waals surface area (Å²) in [6.07, 6.45) is 95.7. The molecule has 1 unspecified atom stereocenters. The largest absolute Gasteiger partial charge is 0.462 e. The molecule has 0 aromatic heterocycles. The molecule has 0 radical (unpaired) electrons. The second kappa shape index (κ2) is 66.8. The van der Waals surface area contributed by atoms with E-state index in [1.54, 1.807) is 0 Å². The molecule has 1 atom stereocenters. The molecule has 6 nitrogen and oxygen atoms in total. The normalized spacial score (nSPS) is 13.1. The first-order valence-electron chi connectivity index (χ1n) is 32.8. The minimum absolute atomic E-state index is 0.0988. The number of esters is 3. The Hall–Kier alpha value is -4.71. The predicted molar refractivity (Wildman–Crippen MR) is 348 cm³/mol. The van der Waals surface area contributed by atoms with Gasteiger partial charge in [0.1, 0.15) is 13.2 Å². The Bertz CT molecular complexity index is 1750. The Morgan fingerprint density at radius 2 is 0.487 bits per heavy atom. The van der Waals surface area contributed by atoms with Gasteiger partial charge in [0, 0.05) is 19.3 Å². The molecule has 0 fully saturated rings. The maximum Gasteiger partial charge on any atom is 0.306 e. The average molecular weight is 1110 g/mol. The quantitative estimate of drug-likeness (QED) is 0.0261. The summed E-state index contributed by atoms with van der Waals surface area (Å²) in [5.74, 6) is -0.942. The van der Waals surface area contributed by atoms with Crippen molar-refractivity contribution in [2.45, 2.75) is 290 Å². The third-order valence-corrected chi connectivity index (χ3v) is 13.6. The van der Waals surface area contributed by atoms with E-state index in [1.807, 2.05) is 0 Å². The first-order valence-corrected chi connectivity index (χ1v) is 32.8. The van der Waals surface area contributed by atoms with Crippen molar-refractivity contribution in [2.75, 3.05) is 13.2 Å². The van der Waals surface area contributed by atoms with Crippen molar-refractivity contribution >= 4 is 17.9 Å². The number of rotatable bonds is 58. The van der Waals surface area contributed by atoms with E-state index >= 15 is 0 Å². The third kappa shape index (κ3) is 64.1. The molecule has 0 heterocycles. The Morgan fingerprint density at radius 3 is 0.787 bits per heavy atom. The van der Waals surface area contributed by atoms with Crippen LogP contribution in [0.5, 0.6) is 0 Å². The molecule has 0 N–H and O–H groups in total. The second-order valence-corrected chi connectivity index (χ2v) is 21.3. The van der Waals surface area contributed by atoms with E-state index in [9.17, 15) is 14.4 Å². The van der Waals surface area contributed by atoms with Gasteiger partial charge in [-0.15, -0.1) is 0 Å². The zero-order valence-corrected chi connectivity index (χ0v) is 51.8. The number of carbonyl (C=O) groups is 3. The number of allylic oxidation sites excluding steroid dienone is 24. The molecule has 0 saturated carbocycles. The summed E-state index contributed by atoms with van der Waals surface area (Å²) in [6.45, 7) is 6.36. The molecule has 0 aliphatic rings. The topological polar surface area (TPSA) is 78.9 Å². The maximum atomic E-state index is 12.9. The summed E-state index contributed by atoms with van der Waals surface area (Å²) in [7, 11) is 0. The van der Waals surface area contributed by atoms with Crippen LogP contribution in [-0.2, 0) is 28.6 Å². The highest BCUT2D eigenvalue weighted by atomic mass is 16.6. The number of ether oxygens (including phenoxy) is 3. The molecule has 0 rings (SSSR count). The fourth-order valence-corrected chi connectivity index (χ4v) is 8.70. The zero-order valence-electron chi connectivity index (χ0n) is 51.8. The lowest BCUT2D eigenvalue weighted by atomic mass is 10.0. The lowest BCUT2D eigenvalue weighted by molar-refractivity contribution is -0.167. The Morgan fingerprint density at radius 1 is 0.263 bits per heavy atom.